The van der Waals surface area contributed by atoms with E-state index in [1.54, 1.807) is 12.3 Å². The number of benzene rings is 4. The summed E-state index contributed by atoms with van der Waals surface area (Å²) < 4.78 is 12.7. The Kier molecular flexibility index (Phi) is 19.3. The normalized spacial score (nSPS) is 27.4. The van der Waals surface area contributed by atoms with Gasteiger partial charge in [0, 0.05) is 16.8 Å². The number of nitrogen functional groups attached to an aromatic ring is 1. The minimum Gasteiger partial charge on any atom is -0.457 e. The average Bonchev–Trinajstić information content (AvgIpc) is 3.69. The molecule has 0 spiro atoms. The molecule has 4 aliphatic carbocycles. The Morgan fingerprint density at radius 1 is 0.746 bits per heavy atom. The first-order valence-corrected chi connectivity index (χ1v) is 26.7. The van der Waals surface area contributed by atoms with E-state index in [1.165, 1.54) is 87.3 Å². The fourth-order valence-corrected chi connectivity index (χ4v) is 13.4. The molecule has 9 atom stereocenters. The Labute approximate surface area is 415 Å². The Morgan fingerprint density at radius 3 is 1.91 bits per heavy atom. The molecule has 0 bridgehead atoms. The standard InChI is InChI=1S/C52H66BNO2.C6H11N.C2H6.CH4S/c1-34(2)8-7-9-35(3)46-25-26-47-45-24-12-39-33-52(31-30-50(39,5)48(45)28-29-51(46,47)6,37-10-18-42(19-11-37)55-43-20-14-40(53)15-21-43)38-13-27-49(36(4)32-38)56-44-22-16-41(54)17-23-44;1-4-6(7)5(2)3;2*1-2/h10-11,13-23,27,32,34-35,39,45-48H,7-9,12,24-26,28-31,33,54H2,1-6H3;4H,1,7H2,2-3H3;1-2H3;2H,1H3. The molecule has 0 aliphatic heterocycles. The van der Waals surface area contributed by atoms with Gasteiger partial charge in [0.05, 0.1) is 0 Å². The minimum absolute atomic E-state index is 0.0751. The van der Waals surface area contributed by atoms with Gasteiger partial charge >= 0.3 is 0 Å². The van der Waals surface area contributed by atoms with Crippen molar-refractivity contribution in [3.8, 4) is 23.0 Å². The predicted molar refractivity (Wildman–Crippen MR) is 293 cm³/mol. The summed E-state index contributed by atoms with van der Waals surface area (Å²) in [6, 6.07) is 31.4. The van der Waals surface area contributed by atoms with Gasteiger partial charge in [0.25, 0.3) is 0 Å². The van der Waals surface area contributed by atoms with E-state index in [0.29, 0.717) is 16.7 Å². The topological polar surface area (TPSA) is 70.5 Å². The number of anilines is 1. The molecule has 6 heteroatoms. The maximum atomic E-state index is 6.40. The molecular weight excluding hydrogens is 836 g/mol. The lowest BCUT2D eigenvalue weighted by Gasteiger charge is -2.63. The molecule has 4 saturated carbocycles. The smallest absolute Gasteiger partial charge is 0.130 e. The van der Waals surface area contributed by atoms with Gasteiger partial charge in [-0.25, -0.2) is 0 Å². The summed E-state index contributed by atoms with van der Waals surface area (Å²) in [5.41, 5.74) is 19.6. The van der Waals surface area contributed by atoms with Crippen LogP contribution in [0.2, 0.25) is 0 Å². The third-order valence-electron chi connectivity index (χ3n) is 17.1. The number of ether oxygens (including phenoxy) is 2. The second kappa shape index (κ2) is 24.0. The number of nitrogens with two attached hydrogens (primary N) is 2. The third kappa shape index (κ3) is 12.2. The van der Waals surface area contributed by atoms with Gasteiger partial charge < -0.3 is 20.9 Å². The van der Waals surface area contributed by atoms with Crippen LogP contribution < -0.4 is 26.4 Å². The van der Waals surface area contributed by atoms with Crippen molar-refractivity contribution in [2.24, 2.45) is 58.0 Å². The maximum Gasteiger partial charge on any atom is 0.130 e. The zero-order valence-electron chi connectivity index (χ0n) is 43.5. The summed E-state index contributed by atoms with van der Waals surface area (Å²) in [4.78, 5) is 0. The predicted octanol–water partition coefficient (Wildman–Crippen LogP) is 16.4. The van der Waals surface area contributed by atoms with Crippen molar-refractivity contribution in [1.82, 2.24) is 0 Å². The molecule has 2 radical (unpaired) electrons. The lowest BCUT2D eigenvalue weighted by atomic mass is 9.42. The number of aryl methyl sites for hydroxylation is 1. The maximum absolute atomic E-state index is 6.40. The zero-order chi connectivity index (χ0) is 49.1. The van der Waals surface area contributed by atoms with E-state index in [1.807, 2.05) is 76.2 Å². The van der Waals surface area contributed by atoms with Crippen molar-refractivity contribution in [2.45, 2.75) is 152 Å². The number of thiol groups is 1. The molecule has 4 aromatic carbocycles. The van der Waals surface area contributed by atoms with Gasteiger partial charge in [0.15, 0.2) is 0 Å². The monoisotopic (exact) mass is 923 g/mol. The van der Waals surface area contributed by atoms with Crippen LogP contribution in [0, 0.1) is 59.2 Å². The second-order valence-corrected chi connectivity index (χ2v) is 21.5. The highest BCUT2D eigenvalue weighted by Crippen LogP contribution is 2.70. The van der Waals surface area contributed by atoms with Crippen LogP contribution in [0.3, 0.4) is 0 Å². The van der Waals surface area contributed by atoms with E-state index in [0.717, 1.165) is 87.3 Å². The second-order valence-electron chi connectivity index (χ2n) is 21.5. The first-order valence-electron chi connectivity index (χ1n) is 25.8. The van der Waals surface area contributed by atoms with Crippen LogP contribution in [0.5, 0.6) is 23.0 Å². The first kappa shape index (κ1) is 53.9. The minimum atomic E-state index is -0.0751. The SMILES string of the molecule is C=CC(N)=C(C)C.CC.CS.[B]c1ccc(Oc2ccc(C3(c4ccc(Oc5ccc(N)cc5)c(C)c4)CCC4(C)C(CCC5C4CCC4(C)C(C(C)CCCC(C)C)CCC54)C3)cc2)cc1. The molecular formula is C61H87BN2O2S. The first-order chi connectivity index (χ1) is 32.1. The Hall–Kier alpha value is -4.03. The summed E-state index contributed by atoms with van der Waals surface area (Å²) in [7, 11) is 5.95. The van der Waals surface area contributed by atoms with Crippen molar-refractivity contribution >= 4 is 31.6 Å². The van der Waals surface area contributed by atoms with E-state index in [9.17, 15) is 0 Å². The van der Waals surface area contributed by atoms with Gasteiger partial charge in [-0.3, -0.25) is 0 Å². The van der Waals surface area contributed by atoms with Crippen LogP contribution in [-0.4, -0.2) is 14.1 Å². The van der Waals surface area contributed by atoms with Crippen LogP contribution in [0.15, 0.2) is 115 Å². The molecule has 4 N–H and O–H groups in total. The highest BCUT2D eigenvalue weighted by molar-refractivity contribution is 7.79. The summed E-state index contributed by atoms with van der Waals surface area (Å²) in [5.74, 6) is 9.31. The van der Waals surface area contributed by atoms with Crippen molar-refractivity contribution in [3.63, 3.8) is 0 Å². The molecule has 4 fully saturated rings. The molecule has 0 aromatic heterocycles. The van der Waals surface area contributed by atoms with Crippen molar-refractivity contribution in [3.05, 3.63) is 132 Å². The summed E-state index contributed by atoms with van der Waals surface area (Å²) in [6.07, 6.45) is 19.8. The fraction of sp³-hybridized carbons (Fsp3) is 0.541. The van der Waals surface area contributed by atoms with E-state index < -0.39 is 0 Å². The van der Waals surface area contributed by atoms with E-state index in [-0.39, 0.29) is 5.41 Å². The van der Waals surface area contributed by atoms with Gasteiger partial charge in [-0.2, -0.15) is 12.6 Å². The van der Waals surface area contributed by atoms with Gasteiger partial charge in [-0.05, 0) is 214 Å². The molecule has 0 heterocycles. The summed E-state index contributed by atoms with van der Waals surface area (Å²) in [6.45, 7) is 26.5. The van der Waals surface area contributed by atoms with Gasteiger partial charge in [-0.15, -0.1) is 0 Å². The molecule has 67 heavy (non-hydrogen) atoms. The van der Waals surface area contributed by atoms with Crippen molar-refractivity contribution in [2.75, 3.05) is 12.0 Å². The number of hydrogen-bond donors (Lipinski definition) is 3. The largest absolute Gasteiger partial charge is 0.457 e. The van der Waals surface area contributed by atoms with E-state index in [4.69, 9.17) is 28.8 Å². The van der Waals surface area contributed by atoms with Crippen LogP contribution in [0.1, 0.15) is 156 Å². The lowest BCUT2D eigenvalue weighted by molar-refractivity contribution is -0.122. The number of hydrogen-bond acceptors (Lipinski definition) is 5. The van der Waals surface area contributed by atoms with Gasteiger partial charge in [0.2, 0.25) is 0 Å². The fourth-order valence-electron chi connectivity index (χ4n) is 13.4. The lowest BCUT2D eigenvalue weighted by Crippen LogP contribution is -2.55. The van der Waals surface area contributed by atoms with Gasteiger partial charge in [-0.1, -0.05) is 122 Å². The average molecular weight is 923 g/mol. The summed E-state index contributed by atoms with van der Waals surface area (Å²) in [5, 5.41) is 0. The van der Waals surface area contributed by atoms with Crippen LogP contribution in [0.4, 0.5) is 5.69 Å². The molecule has 0 amide bonds. The highest BCUT2D eigenvalue weighted by Gasteiger charge is 2.62. The van der Waals surface area contributed by atoms with E-state index in [2.05, 4.69) is 103 Å². The highest BCUT2D eigenvalue weighted by atomic mass is 32.1. The van der Waals surface area contributed by atoms with Crippen molar-refractivity contribution < 1.29 is 9.47 Å². The van der Waals surface area contributed by atoms with E-state index >= 15 is 0 Å². The molecule has 362 valence electrons. The molecule has 8 rings (SSSR count). The zero-order valence-corrected chi connectivity index (χ0v) is 44.4. The number of fused-ring (bicyclic) bond motifs is 5. The van der Waals surface area contributed by atoms with Gasteiger partial charge in [0.1, 0.15) is 30.8 Å². The Morgan fingerprint density at radius 2 is 1.33 bits per heavy atom. The van der Waals surface area contributed by atoms with Crippen LogP contribution in [0.25, 0.3) is 0 Å². The third-order valence-corrected chi connectivity index (χ3v) is 17.1. The number of rotatable bonds is 12. The van der Waals surface area contributed by atoms with Crippen LogP contribution in [-0.2, 0) is 5.41 Å². The molecule has 9 unspecified atom stereocenters. The Balaban J connectivity index is 0.000000693. The molecule has 4 nitrogen and oxygen atoms in total. The van der Waals surface area contributed by atoms with Crippen molar-refractivity contribution in [1.29, 1.82) is 0 Å². The molecule has 4 aliphatic rings. The molecule has 0 saturated heterocycles. The number of allylic oxidation sites excluding steroid dienone is 2. The quantitative estimate of drug-likeness (QED) is 0.0573. The Bertz CT molecular complexity index is 2200. The molecule has 4 aromatic rings. The van der Waals surface area contributed by atoms with Crippen LogP contribution >= 0.6 is 12.6 Å². The summed E-state index contributed by atoms with van der Waals surface area (Å²) >= 11 is 3.53.